The summed E-state index contributed by atoms with van der Waals surface area (Å²) in [7, 11) is 0. The first-order chi connectivity index (χ1) is 23.1. The summed E-state index contributed by atoms with van der Waals surface area (Å²) in [5, 5.41) is 14.5. The lowest BCUT2D eigenvalue weighted by Crippen LogP contribution is -2.49. The average molecular weight is 669 g/mol. The van der Waals surface area contributed by atoms with Gasteiger partial charge in [0, 0.05) is 55.8 Å². The molecule has 1 saturated carbocycles. The van der Waals surface area contributed by atoms with E-state index in [1.807, 2.05) is 38.7 Å². The number of piperazine rings is 1. The predicted octanol–water partition coefficient (Wildman–Crippen LogP) is 5.71. The van der Waals surface area contributed by atoms with Crippen LogP contribution in [0.4, 0.5) is 10.1 Å². The zero-order chi connectivity index (χ0) is 34.1. The average Bonchev–Trinajstić information content (AvgIpc) is 3.91. The molecule has 0 atom stereocenters. The van der Waals surface area contributed by atoms with Crippen LogP contribution in [0, 0.1) is 17.1 Å². The number of amides is 1. The second kappa shape index (κ2) is 13.8. The minimum Gasteiger partial charge on any atom is -0.366 e. The number of hydrogen-bond acceptors (Lipinski definition) is 8. The minimum absolute atomic E-state index is 0.0845. The van der Waals surface area contributed by atoms with E-state index in [0.717, 1.165) is 0 Å². The van der Waals surface area contributed by atoms with E-state index in [-0.39, 0.29) is 45.2 Å². The van der Waals surface area contributed by atoms with Crippen molar-refractivity contribution in [2.24, 2.45) is 0 Å². The van der Waals surface area contributed by atoms with Gasteiger partial charge in [-0.25, -0.2) is 19.3 Å². The van der Waals surface area contributed by atoms with Crippen molar-refractivity contribution >= 4 is 34.2 Å². The molecule has 1 amide bonds. The zero-order valence-electron chi connectivity index (χ0n) is 27.5. The molecule has 10 nitrogen and oxygen atoms in total. The summed E-state index contributed by atoms with van der Waals surface area (Å²) in [6, 6.07) is 10.6. The maximum Gasteiger partial charge on any atom is 0.276 e. The zero-order valence-corrected chi connectivity index (χ0v) is 28.3. The number of rotatable bonds is 9. The van der Waals surface area contributed by atoms with Gasteiger partial charge in [-0.2, -0.15) is 5.26 Å². The molecule has 0 bridgehead atoms. The Bertz CT molecular complexity index is 1980. The van der Waals surface area contributed by atoms with Crippen LogP contribution in [-0.4, -0.2) is 69.1 Å². The van der Waals surface area contributed by atoms with Gasteiger partial charge in [-0.05, 0) is 42.9 Å². The molecule has 248 valence electrons. The summed E-state index contributed by atoms with van der Waals surface area (Å²) >= 11 is 6.86. The van der Waals surface area contributed by atoms with Crippen LogP contribution in [-0.2, 0) is 4.79 Å². The minimum atomic E-state index is -0.586. The first-order valence-electron chi connectivity index (χ1n) is 16.3. The lowest BCUT2D eigenvalue weighted by molar-refractivity contribution is -0.126. The Hall–Kier alpha value is -4.66. The number of carbonyl (C=O) groups is 1. The van der Waals surface area contributed by atoms with Crippen molar-refractivity contribution in [1.82, 2.24) is 29.7 Å². The number of carbonyl (C=O) groups excluding carboxylic acids is 1. The molecule has 0 radical (unpaired) electrons. The van der Waals surface area contributed by atoms with Gasteiger partial charge in [0.2, 0.25) is 5.91 Å². The molecule has 1 aliphatic heterocycles. The molecule has 2 aliphatic rings. The van der Waals surface area contributed by atoms with Crippen LogP contribution in [0.25, 0.3) is 28.0 Å². The van der Waals surface area contributed by atoms with Crippen LogP contribution >= 0.6 is 11.6 Å². The molecule has 6 rings (SSSR count). The number of fused-ring (bicyclic) bond motifs is 1. The number of nitriles is 1. The smallest absolute Gasteiger partial charge is 0.276 e. The number of halogens is 2. The summed E-state index contributed by atoms with van der Waals surface area (Å²) in [6.07, 6.45) is 7.27. The Morgan fingerprint density at radius 3 is 2.35 bits per heavy atom. The maximum absolute atomic E-state index is 15.1. The van der Waals surface area contributed by atoms with Crippen LogP contribution in [0.1, 0.15) is 69.3 Å². The van der Waals surface area contributed by atoms with Gasteiger partial charge in [-0.15, -0.1) is 0 Å². The van der Waals surface area contributed by atoms with Gasteiger partial charge in [-0.1, -0.05) is 57.5 Å². The van der Waals surface area contributed by atoms with Crippen molar-refractivity contribution in [2.45, 2.75) is 58.4 Å². The number of anilines is 1. The van der Waals surface area contributed by atoms with Gasteiger partial charge < -0.3 is 15.1 Å². The largest absolute Gasteiger partial charge is 0.366 e. The van der Waals surface area contributed by atoms with E-state index in [4.69, 9.17) is 16.6 Å². The number of benzene rings is 1. The van der Waals surface area contributed by atoms with Crippen molar-refractivity contribution in [3.8, 4) is 23.0 Å². The van der Waals surface area contributed by atoms with Gasteiger partial charge >= 0.3 is 0 Å². The number of nitrogens with zero attached hydrogens (tertiary/aromatic N) is 7. The summed E-state index contributed by atoms with van der Waals surface area (Å²) in [6.45, 7) is 10.1. The van der Waals surface area contributed by atoms with E-state index in [2.05, 4.69) is 21.4 Å². The molecule has 1 aliphatic carbocycles. The SMILES string of the molecule is CC(C)c1ncnc(C(C)C)c1-n1c(=O)c(C#N)c(N2CCN(C(=O)C=CCNC3CC3)CC2)c2cc(Cl)c(-c3ccccc3F)nc21. The van der Waals surface area contributed by atoms with E-state index in [0.29, 0.717) is 66.9 Å². The normalized spacial score (nSPS) is 15.2. The highest BCUT2D eigenvalue weighted by Gasteiger charge is 2.31. The van der Waals surface area contributed by atoms with Crippen molar-refractivity contribution in [2.75, 3.05) is 37.6 Å². The molecule has 1 saturated heterocycles. The summed E-state index contributed by atoms with van der Waals surface area (Å²) in [5.41, 5.74) is 1.95. The van der Waals surface area contributed by atoms with Crippen LogP contribution in [0.2, 0.25) is 5.02 Å². The second-order valence-corrected chi connectivity index (χ2v) is 13.3. The highest BCUT2D eigenvalue weighted by atomic mass is 35.5. The third-order valence-electron chi connectivity index (χ3n) is 8.78. The summed E-state index contributed by atoms with van der Waals surface area (Å²) in [4.78, 5) is 45.3. The van der Waals surface area contributed by atoms with Crippen molar-refractivity contribution in [3.63, 3.8) is 0 Å². The van der Waals surface area contributed by atoms with E-state index < -0.39 is 11.4 Å². The fourth-order valence-corrected chi connectivity index (χ4v) is 6.42. The van der Waals surface area contributed by atoms with Gasteiger partial charge in [0.15, 0.2) is 0 Å². The fourth-order valence-electron chi connectivity index (χ4n) is 6.17. The van der Waals surface area contributed by atoms with Crippen molar-refractivity contribution in [3.05, 3.63) is 87.0 Å². The topological polar surface area (TPSA) is 120 Å². The molecule has 0 spiro atoms. The Labute approximate surface area is 283 Å². The third kappa shape index (κ3) is 6.42. The number of pyridine rings is 2. The second-order valence-electron chi connectivity index (χ2n) is 12.8. The predicted molar refractivity (Wildman–Crippen MR) is 185 cm³/mol. The number of hydrogen-bond donors (Lipinski definition) is 1. The van der Waals surface area contributed by atoms with E-state index >= 15 is 4.39 Å². The summed E-state index contributed by atoms with van der Waals surface area (Å²) < 4.78 is 16.6. The monoisotopic (exact) mass is 668 g/mol. The number of aromatic nitrogens is 4. The van der Waals surface area contributed by atoms with Gasteiger partial charge in [0.05, 0.1) is 33.5 Å². The quantitative estimate of drug-likeness (QED) is 0.225. The fraction of sp³-hybridized carbons (Fsp3) is 0.389. The maximum atomic E-state index is 15.1. The third-order valence-corrected chi connectivity index (χ3v) is 9.07. The van der Waals surface area contributed by atoms with Crippen LogP contribution < -0.4 is 15.8 Å². The van der Waals surface area contributed by atoms with Gasteiger partial charge in [0.1, 0.15) is 29.4 Å². The highest BCUT2D eigenvalue weighted by Crippen LogP contribution is 2.38. The van der Waals surface area contributed by atoms with E-state index in [1.165, 1.54) is 29.8 Å². The lowest BCUT2D eigenvalue weighted by atomic mass is 10.00. The first kappa shape index (κ1) is 33.2. The molecule has 2 fully saturated rings. The molecule has 1 N–H and O–H groups in total. The Kier molecular flexibility index (Phi) is 9.58. The van der Waals surface area contributed by atoms with Crippen molar-refractivity contribution < 1.29 is 9.18 Å². The summed E-state index contributed by atoms with van der Waals surface area (Å²) in [5.74, 6) is -0.801. The van der Waals surface area contributed by atoms with Crippen LogP contribution in [0.15, 0.2) is 53.6 Å². The van der Waals surface area contributed by atoms with E-state index in [9.17, 15) is 14.9 Å². The highest BCUT2D eigenvalue weighted by molar-refractivity contribution is 6.34. The number of nitrogens with one attached hydrogen (secondary N) is 1. The molecule has 48 heavy (non-hydrogen) atoms. The van der Waals surface area contributed by atoms with Crippen LogP contribution in [0.5, 0.6) is 0 Å². The molecule has 4 heterocycles. The van der Waals surface area contributed by atoms with Crippen molar-refractivity contribution in [1.29, 1.82) is 5.26 Å². The van der Waals surface area contributed by atoms with E-state index in [1.54, 1.807) is 35.2 Å². The molecule has 4 aromatic rings. The van der Waals surface area contributed by atoms with Gasteiger partial charge in [-0.3, -0.25) is 14.2 Å². The van der Waals surface area contributed by atoms with Gasteiger partial charge in [0.25, 0.3) is 5.56 Å². The molecular weight excluding hydrogens is 631 g/mol. The Morgan fingerprint density at radius 2 is 1.75 bits per heavy atom. The molecule has 3 aromatic heterocycles. The Balaban J connectivity index is 1.52. The molecule has 1 aromatic carbocycles. The molecular formula is C36H38ClFN8O2. The Morgan fingerprint density at radius 1 is 1.08 bits per heavy atom. The standard InChI is InChI=1S/C36H38ClFN8O2/c1-21(2)30-34(31(22(3)4)42-20-41-30)46-35-25(18-27(37)32(43-35)24-8-5-6-9-28(24)38)33(26(19-39)36(46)48)45-16-14-44(15-17-45)29(47)10-7-13-40-23-11-12-23/h5-10,18,20-23,40H,11-17H2,1-4H3. The molecule has 0 unspecified atom stereocenters. The lowest BCUT2D eigenvalue weighted by Gasteiger charge is -2.36. The first-order valence-corrected chi connectivity index (χ1v) is 16.7. The molecule has 12 heteroatoms. The van der Waals surface area contributed by atoms with Crippen LogP contribution in [0.3, 0.4) is 0 Å².